The normalized spacial score (nSPS) is 10.7. The van der Waals surface area contributed by atoms with E-state index < -0.39 is 5.82 Å². The van der Waals surface area contributed by atoms with Gasteiger partial charge >= 0.3 is 0 Å². The van der Waals surface area contributed by atoms with E-state index in [9.17, 15) is 9.18 Å². The van der Waals surface area contributed by atoms with Crippen LogP contribution in [0.15, 0.2) is 18.2 Å². The lowest BCUT2D eigenvalue weighted by Crippen LogP contribution is -1.94. The third-order valence-corrected chi connectivity index (χ3v) is 1.87. The first-order valence-electron chi connectivity index (χ1n) is 4.00. The van der Waals surface area contributed by atoms with Crippen molar-refractivity contribution in [3.8, 4) is 0 Å². The Morgan fingerprint density at radius 2 is 2.21 bits per heavy atom. The van der Waals surface area contributed by atoms with E-state index in [1.54, 1.807) is 18.2 Å². The first kappa shape index (κ1) is 10.7. The van der Waals surface area contributed by atoms with Crippen molar-refractivity contribution >= 4 is 29.7 Å². The number of nitrogens with two attached hydrogens (primary N) is 1. The van der Waals surface area contributed by atoms with Gasteiger partial charge < -0.3 is 10.5 Å². The van der Waals surface area contributed by atoms with Gasteiger partial charge in [0.1, 0.15) is 12.1 Å². The number of aldehydes is 1. The van der Waals surface area contributed by atoms with Gasteiger partial charge in [-0.1, -0.05) is 23.8 Å². The Morgan fingerprint density at radius 3 is 2.86 bits per heavy atom. The van der Waals surface area contributed by atoms with Crippen molar-refractivity contribution < 1.29 is 9.18 Å². The maximum Gasteiger partial charge on any atom is 0.148 e. The third-order valence-electron chi connectivity index (χ3n) is 1.66. The van der Waals surface area contributed by atoms with Gasteiger partial charge in [0, 0.05) is 17.0 Å². The average Bonchev–Trinajstić information content (AvgIpc) is 2.13. The summed E-state index contributed by atoms with van der Waals surface area (Å²) in [5.41, 5.74) is 5.98. The van der Waals surface area contributed by atoms with Gasteiger partial charge in [-0.25, -0.2) is 4.39 Å². The highest BCUT2D eigenvalue weighted by Gasteiger charge is 2.03. The maximum atomic E-state index is 13.0. The first-order chi connectivity index (χ1) is 6.65. The lowest BCUT2D eigenvalue weighted by Gasteiger charge is -2.02. The molecule has 0 bridgehead atoms. The average molecular weight is 214 g/mol. The highest BCUT2D eigenvalue weighted by Crippen LogP contribution is 2.23. The molecule has 0 saturated heterocycles. The number of rotatable bonds is 3. The quantitative estimate of drug-likeness (QED) is 0.620. The van der Waals surface area contributed by atoms with Gasteiger partial charge in [-0.2, -0.15) is 0 Å². The van der Waals surface area contributed by atoms with Crippen molar-refractivity contribution in [2.24, 2.45) is 0 Å². The van der Waals surface area contributed by atoms with Crippen molar-refractivity contribution in [2.45, 2.75) is 6.42 Å². The second-order valence-electron chi connectivity index (χ2n) is 2.70. The zero-order chi connectivity index (χ0) is 10.6. The maximum absolute atomic E-state index is 13.0. The summed E-state index contributed by atoms with van der Waals surface area (Å²) in [5.74, 6) is -0.553. The van der Waals surface area contributed by atoms with E-state index in [-0.39, 0.29) is 17.1 Å². The Balaban J connectivity index is 3.01. The Bertz CT molecular complexity index is 377. The number of carbonyl (C=O) groups is 1. The Morgan fingerprint density at radius 1 is 1.50 bits per heavy atom. The van der Waals surface area contributed by atoms with Crippen LogP contribution in [0.1, 0.15) is 12.0 Å². The van der Waals surface area contributed by atoms with E-state index in [1.165, 1.54) is 0 Å². The molecule has 0 aliphatic heterocycles. The topological polar surface area (TPSA) is 43.1 Å². The second kappa shape index (κ2) is 4.77. The van der Waals surface area contributed by atoms with Crippen molar-refractivity contribution in [3.63, 3.8) is 0 Å². The number of carbonyl (C=O) groups excluding carboxylic acids is 1. The minimum Gasteiger partial charge on any atom is -0.396 e. The van der Waals surface area contributed by atoms with E-state index in [1.807, 2.05) is 0 Å². The molecule has 0 aliphatic carbocycles. The smallest absolute Gasteiger partial charge is 0.148 e. The number of benzene rings is 1. The molecule has 1 aromatic rings. The molecule has 0 amide bonds. The number of allylic oxidation sites excluding steroid dienone is 1. The molecule has 4 heteroatoms. The summed E-state index contributed by atoms with van der Waals surface area (Å²) in [6, 6.07) is 2.69. The van der Waals surface area contributed by atoms with Gasteiger partial charge in [0.05, 0.1) is 5.69 Å². The SMILES string of the molecule is Nc1c(F)cc(Cl)cc1C=CCC=O. The molecular weight excluding hydrogens is 205 g/mol. The van der Waals surface area contributed by atoms with Gasteiger partial charge in [0.15, 0.2) is 0 Å². The summed E-state index contributed by atoms with van der Waals surface area (Å²) in [4.78, 5) is 10.0. The van der Waals surface area contributed by atoms with Crippen molar-refractivity contribution in [3.05, 3.63) is 34.6 Å². The lowest BCUT2D eigenvalue weighted by molar-refractivity contribution is -0.107. The summed E-state index contributed by atoms with van der Waals surface area (Å²) in [6.07, 6.45) is 4.17. The fourth-order valence-electron chi connectivity index (χ4n) is 0.993. The number of nitrogen functional groups attached to an aromatic ring is 1. The molecule has 0 heterocycles. The van der Waals surface area contributed by atoms with Gasteiger partial charge in [-0.15, -0.1) is 0 Å². The Kier molecular flexibility index (Phi) is 3.65. The van der Waals surface area contributed by atoms with Crippen LogP contribution in [-0.4, -0.2) is 6.29 Å². The van der Waals surface area contributed by atoms with E-state index in [0.29, 0.717) is 5.56 Å². The summed E-state index contributed by atoms with van der Waals surface area (Å²) in [5, 5.41) is 0.280. The summed E-state index contributed by atoms with van der Waals surface area (Å²) >= 11 is 5.64. The number of hydrogen-bond acceptors (Lipinski definition) is 2. The minimum atomic E-state index is -0.553. The second-order valence-corrected chi connectivity index (χ2v) is 3.13. The van der Waals surface area contributed by atoms with Crippen LogP contribution in [0.5, 0.6) is 0 Å². The van der Waals surface area contributed by atoms with Crippen molar-refractivity contribution in [2.75, 3.05) is 5.73 Å². The largest absolute Gasteiger partial charge is 0.396 e. The van der Waals surface area contributed by atoms with Gasteiger partial charge in [0.25, 0.3) is 0 Å². The molecular formula is C10H9ClFNO. The number of anilines is 1. The third kappa shape index (κ3) is 2.57. The molecule has 0 aliphatic rings. The number of hydrogen-bond donors (Lipinski definition) is 1. The predicted octanol–water partition coefficient (Wildman–Crippen LogP) is 2.66. The van der Waals surface area contributed by atoms with Crippen molar-refractivity contribution in [1.29, 1.82) is 0 Å². The predicted molar refractivity (Wildman–Crippen MR) is 55.5 cm³/mol. The molecule has 0 fully saturated rings. The first-order valence-corrected chi connectivity index (χ1v) is 4.37. The zero-order valence-corrected chi connectivity index (χ0v) is 8.09. The van der Waals surface area contributed by atoms with Crippen LogP contribution in [-0.2, 0) is 4.79 Å². The molecule has 0 atom stereocenters. The van der Waals surface area contributed by atoms with Crippen LogP contribution in [0.3, 0.4) is 0 Å². The molecule has 0 radical (unpaired) electrons. The molecule has 14 heavy (non-hydrogen) atoms. The molecule has 1 rings (SSSR count). The highest BCUT2D eigenvalue weighted by molar-refractivity contribution is 6.30. The van der Waals surface area contributed by atoms with Crippen LogP contribution in [0.25, 0.3) is 6.08 Å². The van der Waals surface area contributed by atoms with E-state index in [0.717, 1.165) is 12.4 Å². The van der Waals surface area contributed by atoms with Crippen LogP contribution in [0.2, 0.25) is 5.02 Å². The highest BCUT2D eigenvalue weighted by atomic mass is 35.5. The molecule has 74 valence electrons. The molecule has 0 saturated carbocycles. The standard InChI is InChI=1S/C10H9ClFNO/c11-8-5-7(3-1-2-4-14)10(13)9(12)6-8/h1,3-6H,2,13H2. The molecule has 1 aromatic carbocycles. The molecule has 0 spiro atoms. The summed E-state index contributed by atoms with van der Waals surface area (Å²) < 4.78 is 13.0. The fraction of sp³-hybridized carbons (Fsp3) is 0.100. The van der Waals surface area contributed by atoms with Crippen molar-refractivity contribution in [1.82, 2.24) is 0 Å². The minimum absolute atomic E-state index is 0.0385. The van der Waals surface area contributed by atoms with Gasteiger partial charge in [0.2, 0.25) is 0 Å². The molecule has 0 unspecified atom stereocenters. The van der Waals surface area contributed by atoms with Crippen LogP contribution < -0.4 is 5.73 Å². The molecule has 2 nitrogen and oxygen atoms in total. The van der Waals surface area contributed by atoms with Crippen LogP contribution in [0, 0.1) is 5.82 Å². The molecule has 2 N–H and O–H groups in total. The van der Waals surface area contributed by atoms with E-state index in [4.69, 9.17) is 17.3 Å². The Hall–Kier alpha value is -1.35. The van der Waals surface area contributed by atoms with E-state index in [2.05, 4.69) is 0 Å². The van der Waals surface area contributed by atoms with Crippen LogP contribution >= 0.6 is 11.6 Å². The zero-order valence-electron chi connectivity index (χ0n) is 7.34. The summed E-state index contributed by atoms with van der Waals surface area (Å²) in [7, 11) is 0. The van der Waals surface area contributed by atoms with Gasteiger partial charge in [-0.05, 0) is 12.1 Å². The summed E-state index contributed by atoms with van der Waals surface area (Å²) in [6.45, 7) is 0. The van der Waals surface area contributed by atoms with E-state index >= 15 is 0 Å². The monoisotopic (exact) mass is 213 g/mol. The number of halogens is 2. The fourth-order valence-corrected chi connectivity index (χ4v) is 1.21. The van der Waals surface area contributed by atoms with Crippen LogP contribution in [0.4, 0.5) is 10.1 Å². The van der Waals surface area contributed by atoms with Gasteiger partial charge in [-0.3, -0.25) is 0 Å². The molecule has 0 aromatic heterocycles. The lowest BCUT2D eigenvalue weighted by atomic mass is 10.1. The Labute approximate surface area is 86.2 Å².